The lowest BCUT2D eigenvalue weighted by Crippen LogP contribution is -2.06. The number of nitrogens with one attached hydrogen (secondary N) is 1. The Labute approximate surface area is 164 Å². The topological polar surface area (TPSA) is 94.4 Å². The predicted octanol–water partition coefficient (Wildman–Crippen LogP) is 4.07. The molecule has 0 amide bonds. The van der Waals surface area contributed by atoms with Crippen LogP contribution in [-0.4, -0.2) is 24.7 Å². The van der Waals surface area contributed by atoms with Gasteiger partial charge < -0.3 is 20.2 Å². The third-order valence-corrected chi connectivity index (χ3v) is 4.14. The van der Waals surface area contributed by atoms with Crippen molar-refractivity contribution in [1.82, 2.24) is 4.98 Å². The number of aryl methyl sites for hydroxylation is 1. The molecule has 3 rings (SSSR count). The number of unbranched alkanes of at least 4 members (excludes halogenated alkanes) is 1. The van der Waals surface area contributed by atoms with Crippen LogP contribution in [0.4, 0.5) is 5.69 Å². The number of anilines is 1. The summed E-state index contributed by atoms with van der Waals surface area (Å²) >= 11 is 0. The average Bonchev–Trinajstić information content (AvgIpc) is 2.68. The van der Waals surface area contributed by atoms with Crippen molar-refractivity contribution < 1.29 is 14.3 Å². The van der Waals surface area contributed by atoms with Crippen molar-refractivity contribution in [2.24, 2.45) is 0 Å². The van der Waals surface area contributed by atoms with E-state index >= 15 is 0 Å². The van der Waals surface area contributed by atoms with Crippen molar-refractivity contribution in [3.8, 4) is 5.75 Å². The van der Waals surface area contributed by atoms with Gasteiger partial charge in [0, 0.05) is 17.1 Å². The molecule has 1 heterocycles. The second kappa shape index (κ2) is 10.2. The number of benzene rings is 2. The summed E-state index contributed by atoms with van der Waals surface area (Å²) in [5.74, 6) is 0.418. The molecular formula is C22H26N2O4. The molecule has 6 heteroatoms. The summed E-state index contributed by atoms with van der Waals surface area (Å²) in [6.45, 7) is 4.45. The highest BCUT2D eigenvalue weighted by Gasteiger charge is 2.05. The van der Waals surface area contributed by atoms with Crippen LogP contribution in [0.25, 0.3) is 10.9 Å². The minimum Gasteiger partial charge on any atom is -0.495 e. The van der Waals surface area contributed by atoms with Gasteiger partial charge in [-0.05, 0) is 49.2 Å². The smallest absolute Gasteiger partial charge is 0.338 e. The summed E-state index contributed by atoms with van der Waals surface area (Å²) in [6.07, 6.45) is 1.93. The monoisotopic (exact) mass is 382 g/mol. The molecule has 0 fully saturated rings. The molecule has 148 valence electrons. The Morgan fingerprint density at radius 3 is 2.50 bits per heavy atom. The first-order valence-electron chi connectivity index (χ1n) is 9.15. The number of para-hydroxylation sites is 1. The fraction of sp³-hybridized carbons (Fsp3) is 0.273. The number of rotatable bonds is 5. The lowest BCUT2D eigenvalue weighted by molar-refractivity contribution is 0.0500. The molecule has 28 heavy (non-hydrogen) atoms. The number of carbonyl (C=O) groups excluding carboxylic acids is 1. The van der Waals surface area contributed by atoms with Crippen molar-refractivity contribution in [3.63, 3.8) is 0 Å². The van der Waals surface area contributed by atoms with Crippen LogP contribution in [0.1, 0.15) is 35.7 Å². The fourth-order valence-electron chi connectivity index (χ4n) is 2.60. The molecule has 0 radical (unpaired) electrons. The summed E-state index contributed by atoms with van der Waals surface area (Å²) in [4.78, 5) is 25.4. The number of aromatic amines is 1. The van der Waals surface area contributed by atoms with E-state index in [1.165, 1.54) is 0 Å². The molecule has 0 atom stereocenters. The summed E-state index contributed by atoms with van der Waals surface area (Å²) in [6, 6.07) is 14.0. The van der Waals surface area contributed by atoms with Gasteiger partial charge in [-0.1, -0.05) is 25.5 Å². The first-order chi connectivity index (χ1) is 13.5. The zero-order chi connectivity index (χ0) is 20.5. The predicted molar refractivity (Wildman–Crippen MR) is 112 cm³/mol. The van der Waals surface area contributed by atoms with Crippen LogP contribution in [0.3, 0.4) is 0 Å². The molecule has 0 aliphatic heterocycles. The second-order valence-corrected chi connectivity index (χ2v) is 6.31. The number of hydrogen-bond donors (Lipinski definition) is 2. The van der Waals surface area contributed by atoms with Crippen LogP contribution in [0, 0.1) is 6.92 Å². The highest BCUT2D eigenvalue weighted by atomic mass is 16.5. The van der Waals surface area contributed by atoms with E-state index in [-0.39, 0.29) is 11.5 Å². The van der Waals surface area contributed by atoms with Gasteiger partial charge in [-0.25, -0.2) is 4.79 Å². The normalized spacial score (nSPS) is 10.1. The first-order valence-corrected chi connectivity index (χ1v) is 9.15. The van der Waals surface area contributed by atoms with Crippen molar-refractivity contribution in [3.05, 3.63) is 70.0 Å². The summed E-state index contributed by atoms with van der Waals surface area (Å²) in [7, 11) is 1.59. The SMILES string of the molecule is CCCCOC(=O)c1ccc(N)cc1.COc1cccc2c(C)cc(=O)[nH]c12. The molecule has 0 saturated carbocycles. The van der Waals surface area contributed by atoms with E-state index in [4.69, 9.17) is 15.2 Å². The van der Waals surface area contributed by atoms with Crippen LogP contribution >= 0.6 is 0 Å². The number of aromatic nitrogens is 1. The molecule has 3 N–H and O–H groups in total. The molecular weight excluding hydrogens is 356 g/mol. The molecule has 2 aromatic carbocycles. The molecule has 0 saturated heterocycles. The Morgan fingerprint density at radius 2 is 1.86 bits per heavy atom. The number of nitrogen functional groups attached to an aromatic ring is 1. The van der Waals surface area contributed by atoms with Crippen LogP contribution in [-0.2, 0) is 4.74 Å². The number of hydrogen-bond acceptors (Lipinski definition) is 5. The van der Waals surface area contributed by atoms with E-state index in [1.54, 1.807) is 37.4 Å². The zero-order valence-corrected chi connectivity index (χ0v) is 16.5. The average molecular weight is 382 g/mol. The van der Waals surface area contributed by atoms with Gasteiger partial charge in [0.1, 0.15) is 5.75 Å². The summed E-state index contributed by atoms with van der Waals surface area (Å²) in [5.41, 5.74) is 8.32. The van der Waals surface area contributed by atoms with Gasteiger partial charge in [0.2, 0.25) is 5.56 Å². The Kier molecular flexibility index (Phi) is 7.63. The van der Waals surface area contributed by atoms with Gasteiger partial charge in [0.05, 0.1) is 24.8 Å². The number of esters is 1. The third kappa shape index (κ3) is 5.61. The number of nitrogens with two attached hydrogens (primary N) is 1. The first kappa shape index (κ1) is 21.0. The van der Waals surface area contributed by atoms with Crippen molar-refractivity contribution in [2.45, 2.75) is 26.7 Å². The number of fused-ring (bicyclic) bond motifs is 1. The fourth-order valence-corrected chi connectivity index (χ4v) is 2.60. The van der Waals surface area contributed by atoms with E-state index in [1.807, 2.05) is 25.1 Å². The Morgan fingerprint density at radius 1 is 1.14 bits per heavy atom. The third-order valence-electron chi connectivity index (χ3n) is 4.14. The number of H-pyrrole nitrogens is 1. The van der Waals surface area contributed by atoms with Crippen molar-refractivity contribution in [2.75, 3.05) is 19.5 Å². The molecule has 1 aromatic heterocycles. The van der Waals surface area contributed by atoms with Crippen LogP contribution in [0.2, 0.25) is 0 Å². The maximum absolute atomic E-state index is 11.4. The van der Waals surface area contributed by atoms with E-state index in [0.717, 1.165) is 29.3 Å². The molecule has 3 aromatic rings. The number of methoxy groups -OCH3 is 1. The van der Waals surface area contributed by atoms with Gasteiger partial charge in [0.15, 0.2) is 0 Å². The highest BCUT2D eigenvalue weighted by molar-refractivity contribution is 5.89. The maximum Gasteiger partial charge on any atom is 0.338 e. The largest absolute Gasteiger partial charge is 0.495 e. The Hall–Kier alpha value is -3.28. The van der Waals surface area contributed by atoms with Gasteiger partial charge in [-0.3, -0.25) is 4.79 Å². The van der Waals surface area contributed by atoms with Gasteiger partial charge >= 0.3 is 5.97 Å². The molecule has 0 bridgehead atoms. The summed E-state index contributed by atoms with van der Waals surface area (Å²) in [5, 5.41) is 1.02. The van der Waals surface area contributed by atoms with Gasteiger partial charge in [0.25, 0.3) is 0 Å². The molecule has 6 nitrogen and oxygen atoms in total. The highest BCUT2D eigenvalue weighted by Crippen LogP contribution is 2.23. The number of ether oxygens (including phenoxy) is 2. The maximum atomic E-state index is 11.4. The van der Waals surface area contributed by atoms with Crippen molar-refractivity contribution in [1.29, 1.82) is 0 Å². The van der Waals surface area contributed by atoms with E-state index in [0.29, 0.717) is 23.6 Å². The van der Waals surface area contributed by atoms with Crippen molar-refractivity contribution >= 4 is 22.6 Å². The van der Waals surface area contributed by atoms with Gasteiger partial charge in [-0.2, -0.15) is 0 Å². The van der Waals surface area contributed by atoms with Crippen LogP contribution < -0.4 is 16.0 Å². The Bertz CT molecular complexity index is 978. The van der Waals surface area contributed by atoms with Gasteiger partial charge in [-0.15, -0.1) is 0 Å². The minimum absolute atomic E-state index is 0.0977. The van der Waals surface area contributed by atoms with E-state index < -0.39 is 0 Å². The molecule has 0 aliphatic rings. The Balaban J connectivity index is 0.000000200. The minimum atomic E-state index is -0.279. The molecule has 0 unspecified atom stereocenters. The molecule has 0 aliphatic carbocycles. The van der Waals surface area contributed by atoms with E-state index in [2.05, 4.69) is 11.9 Å². The summed E-state index contributed by atoms with van der Waals surface area (Å²) < 4.78 is 10.2. The molecule has 0 spiro atoms. The lowest BCUT2D eigenvalue weighted by Gasteiger charge is -2.05. The van der Waals surface area contributed by atoms with Crippen LogP contribution in [0.5, 0.6) is 5.75 Å². The lowest BCUT2D eigenvalue weighted by atomic mass is 10.1. The standard InChI is InChI=1S/C11H11NO2.C11H15NO2/c1-7-6-10(13)12-11-8(7)4-3-5-9(11)14-2;1-2-3-8-14-11(13)9-4-6-10(12)7-5-9/h3-6H,1-2H3,(H,12,13);4-7H,2-3,8,12H2,1H3. The second-order valence-electron chi connectivity index (χ2n) is 6.31. The number of carbonyl (C=O) groups is 1. The van der Waals surface area contributed by atoms with Crippen LogP contribution in [0.15, 0.2) is 53.3 Å². The quantitative estimate of drug-likeness (QED) is 0.394. The zero-order valence-electron chi connectivity index (χ0n) is 16.5. The number of pyridine rings is 1. The van der Waals surface area contributed by atoms with E-state index in [9.17, 15) is 9.59 Å².